The molecule has 68 valence electrons. The Morgan fingerprint density at radius 1 is 1.69 bits per heavy atom. The number of rotatable bonds is 1. The lowest BCUT2D eigenvalue weighted by Crippen LogP contribution is -2.11. The monoisotopic (exact) mass is 179 g/mol. The van der Waals surface area contributed by atoms with Gasteiger partial charge in [0.2, 0.25) is 5.95 Å². The van der Waals surface area contributed by atoms with Crippen LogP contribution in [0.5, 0.6) is 0 Å². The van der Waals surface area contributed by atoms with Crippen LogP contribution >= 0.6 is 0 Å². The first-order chi connectivity index (χ1) is 6.22. The van der Waals surface area contributed by atoms with Crippen LogP contribution in [0, 0.1) is 0 Å². The summed E-state index contributed by atoms with van der Waals surface area (Å²) >= 11 is 0. The summed E-state index contributed by atoms with van der Waals surface area (Å²) in [5.41, 5.74) is 5.68. The van der Waals surface area contributed by atoms with Gasteiger partial charge in [0, 0.05) is 6.54 Å². The molecular weight excluding hydrogens is 170 g/mol. The first kappa shape index (κ1) is 7.78. The normalized spacial score (nSPS) is 10.8. The van der Waals surface area contributed by atoms with Gasteiger partial charge in [-0.25, -0.2) is 4.68 Å². The second-order valence-corrected chi connectivity index (χ2v) is 2.65. The van der Waals surface area contributed by atoms with E-state index in [1.165, 1.54) is 6.20 Å². The summed E-state index contributed by atoms with van der Waals surface area (Å²) in [6.07, 6.45) is 1.49. The molecule has 0 spiro atoms. The summed E-state index contributed by atoms with van der Waals surface area (Å²) in [6.45, 7) is 2.59. The Morgan fingerprint density at radius 2 is 2.46 bits per heavy atom. The number of aryl methyl sites for hydroxylation is 1. The van der Waals surface area contributed by atoms with Crippen LogP contribution in [0.1, 0.15) is 6.92 Å². The zero-order valence-electron chi connectivity index (χ0n) is 7.11. The number of nitrogens with zero attached hydrogens (tertiary/aromatic N) is 3. The smallest absolute Gasteiger partial charge is 0.263 e. The van der Waals surface area contributed by atoms with Crippen LogP contribution in [0.4, 0.5) is 5.95 Å². The molecule has 3 N–H and O–H groups in total. The highest BCUT2D eigenvalue weighted by molar-refractivity contribution is 5.74. The number of nitrogens with two attached hydrogens (primary N) is 1. The summed E-state index contributed by atoms with van der Waals surface area (Å²) in [5, 5.41) is 4.46. The zero-order chi connectivity index (χ0) is 9.42. The van der Waals surface area contributed by atoms with Crippen molar-refractivity contribution in [3.63, 3.8) is 0 Å². The van der Waals surface area contributed by atoms with Crippen LogP contribution in [0.15, 0.2) is 11.0 Å². The third-order valence-electron chi connectivity index (χ3n) is 1.82. The number of fused-ring (bicyclic) bond motifs is 1. The lowest BCUT2D eigenvalue weighted by atomic mass is 10.4. The molecule has 6 nitrogen and oxygen atoms in total. The highest BCUT2D eigenvalue weighted by atomic mass is 16.1. The molecular formula is C7H9N5O. The fraction of sp³-hybridized carbons (Fsp3) is 0.286. The van der Waals surface area contributed by atoms with Crippen molar-refractivity contribution < 1.29 is 0 Å². The second kappa shape index (κ2) is 2.58. The van der Waals surface area contributed by atoms with Crippen LogP contribution in [0.25, 0.3) is 11.0 Å². The summed E-state index contributed by atoms with van der Waals surface area (Å²) < 4.78 is 1.63. The number of H-pyrrole nitrogens is 1. The van der Waals surface area contributed by atoms with E-state index in [9.17, 15) is 4.79 Å². The van der Waals surface area contributed by atoms with Crippen molar-refractivity contribution in [2.45, 2.75) is 13.5 Å². The average molecular weight is 179 g/mol. The standard InChI is InChI=1S/C7H9N5O/c1-2-12-5-4(3-9-12)6(13)11-7(8)10-5/h3H,2H2,1H3,(H3,8,10,11,13). The molecule has 0 aliphatic carbocycles. The third-order valence-corrected chi connectivity index (χ3v) is 1.82. The maximum absolute atomic E-state index is 11.3. The van der Waals surface area contributed by atoms with Crippen LogP contribution in [-0.2, 0) is 6.54 Å². The van der Waals surface area contributed by atoms with Crippen molar-refractivity contribution in [1.82, 2.24) is 19.7 Å². The molecule has 0 atom stereocenters. The lowest BCUT2D eigenvalue weighted by Gasteiger charge is -1.97. The Kier molecular flexibility index (Phi) is 1.54. The Bertz CT molecular complexity index is 497. The maximum Gasteiger partial charge on any atom is 0.263 e. The molecule has 0 saturated carbocycles. The quantitative estimate of drug-likeness (QED) is 0.630. The molecule has 0 unspecified atom stereocenters. The molecule has 0 bridgehead atoms. The predicted molar refractivity (Wildman–Crippen MR) is 48.2 cm³/mol. The Balaban J connectivity index is 2.90. The van der Waals surface area contributed by atoms with Gasteiger partial charge in [-0.05, 0) is 6.92 Å². The van der Waals surface area contributed by atoms with Crippen LogP contribution in [-0.4, -0.2) is 19.7 Å². The van der Waals surface area contributed by atoms with Gasteiger partial charge in [-0.2, -0.15) is 10.1 Å². The molecule has 0 radical (unpaired) electrons. The van der Waals surface area contributed by atoms with Gasteiger partial charge in [-0.1, -0.05) is 0 Å². The molecule has 0 aliphatic rings. The maximum atomic E-state index is 11.3. The topological polar surface area (TPSA) is 89.6 Å². The number of hydrogen-bond acceptors (Lipinski definition) is 4. The summed E-state index contributed by atoms with van der Waals surface area (Å²) in [4.78, 5) is 17.7. The van der Waals surface area contributed by atoms with Crippen molar-refractivity contribution in [2.75, 3.05) is 5.73 Å². The van der Waals surface area contributed by atoms with Crippen LogP contribution in [0.3, 0.4) is 0 Å². The number of nitrogens with one attached hydrogen (secondary N) is 1. The first-order valence-electron chi connectivity index (χ1n) is 3.93. The summed E-state index contributed by atoms with van der Waals surface area (Å²) in [5.74, 6) is 0.118. The molecule has 13 heavy (non-hydrogen) atoms. The van der Waals surface area contributed by atoms with E-state index >= 15 is 0 Å². The second-order valence-electron chi connectivity index (χ2n) is 2.65. The minimum atomic E-state index is -0.248. The zero-order valence-corrected chi connectivity index (χ0v) is 7.11. The average Bonchev–Trinajstić information content (AvgIpc) is 2.47. The predicted octanol–water partition coefficient (Wildman–Crippen LogP) is -0.278. The van der Waals surface area contributed by atoms with Crippen molar-refractivity contribution >= 4 is 17.0 Å². The minimum absolute atomic E-state index is 0.118. The van der Waals surface area contributed by atoms with E-state index in [1.54, 1.807) is 4.68 Å². The number of aromatic amines is 1. The van der Waals surface area contributed by atoms with E-state index in [4.69, 9.17) is 5.73 Å². The number of anilines is 1. The van der Waals surface area contributed by atoms with E-state index in [0.717, 1.165) is 0 Å². The van der Waals surface area contributed by atoms with Gasteiger partial charge in [0.15, 0.2) is 5.65 Å². The fourth-order valence-electron chi connectivity index (χ4n) is 1.21. The van der Waals surface area contributed by atoms with E-state index in [2.05, 4.69) is 15.1 Å². The van der Waals surface area contributed by atoms with Crippen molar-refractivity contribution in [3.05, 3.63) is 16.6 Å². The third kappa shape index (κ3) is 1.07. The lowest BCUT2D eigenvalue weighted by molar-refractivity contribution is 0.676. The van der Waals surface area contributed by atoms with E-state index < -0.39 is 0 Å². The van der Waals surface area contributed by atoms with E-state index in [0.29, 0.717) is 17.6 Å². The Morgan fingerprint density at radius 3 is 3.15 bits per heavy atom. The molecule has 0 aromatic carbocycles. The molecule has 0 saturated heterocycles. The van der Waals surface area contributed by atoms with Gasteiger partial charge in [-0.15, -0.1) is 0 Å². The highest BCUT2D eigenvalue weighted by Gasteiger charge is 2.06. The fourth-order valence-corrected chi connectivity index (χ4v) is 1.21. The van der Waals surface area contributed by atoms with Crippen LogP contribution in [0.2, 0.25) is 0 Å². The molecule has 6 heteroatoms. The molecule has 0 amide bonds. The Labute approximate surface area is 73.4 Å². The number of nitrogen functional groups attached to an aromatic ring is 1. The molecule has 2 heterocycles. The summed E-state index contributed by atoms with van der Waals surface area (Å²) in [6, 6.07) is 0. The van der Waals surface area contributed by atoms with Crippen LogP contribution < -0.4 is 11.3 Å². The van der Waals surface area contributed by atoms with Gasteiger partial charge in [-0.3, -0.25) is 9.78 Å². The number of aromatic nitrogens is 4. The van der Waals surface area contributed by atoms with Gasteiger partial charge in [0.05, 0.1) is 6.20 Å². The Hall–Kier alpha value is -1.85. The molecule has 2 rings (SSSR count). The highest BCUT2D eigenvalue weighted by Crippen LogP contribution is 2.05. The van der Waals surface area contributed by atoms with Gasteiger partial charge < -0.3 is 5.73 Å². The minimum Gasteiger partial charge on any atom is -0.369 e. The van der Waals surface area contributed by atoms with Gasteiger partial charge >= 0.3 is 0 Å². The van der Waals surface area contributed by atoms with Crippen molar-refractivity contribution in [3.8, 4) is 0 Å². The number of hydrogen-bond donors (Lipinski definition) is 2. The largest absolute Gasteiger partial charge is 0.369 e. The molecule has 2 aromatic rings. The van der Waals surface area contributed by atoms with E-state index in [-0.39, 0.29) is 11.5 Å². The van der Waals surface area contributed by atoms with Gasteiger partial charge in [0.1, 0.15) is 5.39 Å². The molecule has 0 fully saturated rings. The first-order valence-corrected chi connectivity index (χ1v) is 3.93. The van der Waals surface area contributed by atoms with Crippen molar-refractivity contribution in [2.24, 2.45) is 0 Å². The summed E-state index contributed by atoms with van der Waals surface area (Å²) in [7, 11) is 0. The SMILES string of the molecule is CCn1ncc2c(=O)[nH]c(N)nc21. The molecule has 0 aliphatic heterocycles. The molecule has 2 aromatic heterocycles. The van der Waals surface area contributed by atoms with E-state index in [1.807, 2.05) is 6.92 Å². The van der Waals surface area contributed by atoms with Gasteiger partial charge in [0.25, 0.3) is 5.56 Å². The van der Waals surface area contributed by atoms with Crippen molar-refractivity contribution in [1.29, 1.82) is 0 Å².